The van der Waals surface area contributed by atoms with Crippen molar-refractivity contribution in [1.82, 2.24) is 4.90 Å². The lowest BCUT2D eigenvalue weighted by Crippen LogP contribution is -2.36. The summed E-state index contributed by atoms with van der Waals surface area (Å²) in [5, 5.41) is 0. The topological polar surface area (TPSA) is 46.6 Å². The third kappa shape index (κ3) is 5.88. The summed E-state index contributed by atoms with van der Waals surface area (Å²) in [5.41, 5.74) is 2.27. The van der Waals surface area contributed by atoms with E-state index in [0.717, 1.165) is 18.4 Å². The first-order valence-electron chi connectivity index (χ1n) is 7.89. The number of benzene rings is 1. The average Bonchev–Trinajstić information content (AvgIpc) is 2.52. The standard InChI is InChI=1S/C18H27NO3/c1-5-6-7-17(20)19(12-15(3)18(21)22-4)13-16-10-8-14(2)9-11-16/h8-11,15H,5-7,12-13H2,1-4H3. The van der Waals surface area contributed by atoms with Crippen LogP contribution in [0.25, 0.3) is 0 Å². The van der Waals surface area contributed by atoms with Crippen molar-refractivity contribution in [2.75, 3.05) is 13.7 Å². The predicted octanol–water partition coefficient (Wildman–Crippen LogP) is 3.32. The molecule has 122 valence electrons. The molecule has 0 aliphatic rings. The summed E-state index contributed by atoms with van der Waals surface area (Å²) in [6.45, 7) is 6.82. The molecule has 4 nitrogen and oxygen atoms in total. The number of hydrogen-bond donors (Lipinski definition) is 0. The molecule has 0 bridgehead atoms. The van der Waals surface area contributed by atoms with Crippen LogP contribution in [0.3, 0.4) is 0 Å². The first-order chi connectivity index (χ1) is 10.5. The number of ether oxygens (including phenoxy) is 1. The van der Waals surface area contributed by atoms with Crippen molar-refractivity contribution in [3.8, 4) is 0 Å². The molecule has 4 heteroatoms. The molecule has 0 saturated carbocycles. The number of amides is 1. The maximum atomic E-state index is 12.4. The number of aryl methyl sites for hydroxylation is 1. The van der Waals surface area contributed by atoms with E-state index in [-0.39, 0.29) is 17.8 Å². The number of rotatable bonds is 8. The fourth-order valence-electron chi connectivity index (χ4n) is 2.26. The SMILES string of the molecule is CCCCC(=O)N(Cc1ccc(C)cc1)CC(C)C(=O)OC. The van der Waals surface area contributed by atoms with Crippen molar-refractivity contribution in [3.63, 3.8) is 0 Å². The zero-order chi connectivity index (χ0) is 16.5. The van der Waals surface area contributed by atoms with Gasteiger partial charge in [0.25, 0.3) is 0 Å². The Kier molecular flexibility index (Phi) is 7.64. The van der Waals surface area contributed by atoms with Crippen molar-refractivity contribution in [3.05, 3.63) is 35.4 Å². The Morgan fingerprint density at radius 3 is 2.41 bits per heavy atom. The minimum absolute atomic E-state index is 0.0955. The van der Waals surface area contributed by atoms with Gasteiger partial charge >= 0.3 is 5.97 Å². The monoisotopic (exact) mass is 305 g/mol. The molecule has 0 fully saturated rings. The Bertz CT molecular complexity index is 482. The fourth-order valence-corrected chi connectivity index (χ4v) is 2.26. The van der Waals surface area contributed by atoms with Gasteiger partial charge in [-0.05, 0) is 18.9 Å². The molecule has 0 heterocycles. The number of methoxy groups -OCH3 is 1. The molecule has 1 rings (SSSR count). The Morgan fingerprint density at radius 1 is 1.23 bits per heavy atom. The van der Waals surface area contributed by atoms with E-state index in [0.29, 0.717) is 19.5 Å². The first-order valence-corrected chi connectivity index (χ1v) is 7.89. The Morgan fingerprint density at radius 2 is 1.86 bits per heavy atom. The van der Waals surface area contributed by atoms with Gasteiger partial charge in [-0.25, -0.2) is 0 Å². The van der Waals surface area contributed by atoms with Gasteiger partial charge in [0.1, 0.15) is 0 Å². The quantitative estimate of drug-likeness (QED) is 0.692. The number of carbonyl (C=O) groups excluding carboxylic acids is 2. The van der Waals surface area contributed by atoms with E-state index in [2.05, 4.69) is 6.92 Å². The van der Waals surface area contributed by atoms with Crippen LogP contribution < -0.4 is 0 Å². The summed E-state index contributed by atoms with van der Waals surface area (Å²) in [7, 11) is 1.38. The van der Waals surface area contributed by atoms with Gasteiger partial charge in [-0.3, -0.25) is 9.59 Å². The summed E-state index contributed by atoms with van der Waals surface area (Å²) in [6, 6.07) is 8.12. The molecule has 1 atom stereocenters. The van der Waals surface area contributed by atoms with Gasteiger partial charge in [-0.2, -0.15) is 0 Å². The lowest BCUT2D eigenvalue weighted by atomic mass is 10.1. The molecule has 1 aromatic carbocycles. The van der Waals surface area contributed by atoms with Crippen molar-refractivity contribution in [1.29, 1.82) is 0 Å². The second-order valence-electron chi connectivity index (χ2n) is 5.79. The van der Waals surface area contributed by atoms with Gasteiger partial charge in [-0.1, -0.05) is 50.1 Å². The molecule has 0 spiro atoms. The summed E-state index contributed by atoms with van der Waals surface area (Å²) in [5.74, 6) is -0.503. The minimum Gasteiger partial charge on any atom is -0.469 e. The maximum absolute atomic E-state index is 12.4. The van der Waals surface area contributed by atoms with Crippen LogP contribution in [0, 0.1) is 12.8 Å². The summed E-state index contributed by atoms with van der Waals surface area (Å²) < 4.78 is 4.76. The molecule has 0 aliphatic heterocycles. The number of carbonyl (C=O) groups is 2. The molecule has 1 aromatic rings. The van der Waals surface area contributed by atoms with E-state index in [1.54, 1.807) is 11.8 Å². The third-order valence-electron chi connectivity index (χ3n) is 3.69. The molecule has 1 amide bonds. The minimum atomic E-state index is -0.318. The van der Waals surface area contributed by atoms with E-state index in [4.69, 9.17) is 4.74 Å². The molecular formula is C18H27NO3. The van der Waals surface area contributed by atoms with Crippen LogP contribution >= 0.6 is 0 Å². The van der Waals surface area contributed by atoms with E-state index < -0.39 is 0 Å². The normalized spacial score (nSPS) is 11.8. The van der Waals surface area contributed by atoms with E-state index in [1.165, 1.54) is 12.7 Å². The zero-order valence-electron chi connectivity index (χ0n) is 14.1. The molecule has 0 aliphatic carbocycles. The molecule has 0 saturated heterocycles. The van der Waals surface area contributed by atoms with E-state index in [1.807, 2.05) is 31.2 Å². The number of unbranched alkanes of at least 4 members (excludes halogenated alkanes) is 1. The summed E-state index contributed by atoms with van der Waals surface area (Å²) in [4.78, 5) is 25.8. The lowest BCUT2D eigenvalue weighted by molar-refractivity contribution is -0.146. The van der Waals surface area contributed by atoms with Gasteiger partial charge in [0.15, 0.2) is 0 Å². The highest BCUT2D eigenvalue weighted by atomic mass is 16.5. The first kappa shape index (κ1) is 18.2. The molecule has 0 radical (unpaired) electrons. The van der Waals surface area contributed by atoms with Crippen molar-refractivity contribution in [2.45, 2.75) is 46.6 Å². The van der Waals surface area contributed by atoms with Crippen LogP contribution in [0.2, 0.25) is 0 Å². The number of nitrogens with zero attached hydrogens (tertiary/aromatic N) is 1. The molecule has 1 unspecified atom stereocenters. The largest absolute Gasteiger partial charge is 0.469 e. The second kappa shape index (κ2) is 9.23. The van der Waals surface area contributed by atoms with Crippen LogP contribution in [0.5, 0.6) is 0 Å². The van der Waals surface area contributed by atoms with Gasteiger partial charge in [0.2, 0.25) is 5.91 Å². The van der Waals surface area contributed by atoms with Crippen LogP contribution in [-0.2, 0) is 20.9 Å². The molecule has 22 heavy (non-hydrogen) atoms. The van der Waals surface area contributed by atoms with Crippen molar-refractivity contribution >= 4 is 11.9 Å². The Balaban J connectivity index is 2.78. The van der Waals surface area contributed by atoms with Crippen LogP contribution in [0.15, 0.2) is 24.3 Å². The highest BCUT2D eigenvalue weighted by Crippen LogP contribution is 2.12. The number of hydrogen-bond acceptors (Lipinski definition) is 3. The zero-order valence-corrected chi connectivity index (χ0v) is 14.1. The Labute approximate surface area is 133 Å². The van der Waals surface area contributed by atoms with Crippen molar-refractivity contribution < 1.29 is 14.3 Å². The fraction of sp³-hybridized carbons (Fsp3) is 0.556. The van der Waals surface area contributed by atoms with Crippen molar-refractivity contribution in [2.24, 2.45) is 5.92 Å². The van der Waals surface area contributed by atoms with Gasteiger partial charge in [0.05, 0.1) is 13.0 Å². The van der Waals surface area contributed by atoms with Crippen LogP contribution in [-0.4, -0.2) is 30.4 Å². The highest BCUT2D eigenvalue weighted by molar-refractivity contribution is 5.78. The van der Waals surface area contributed by atoms with E-state index in [9.17, 15) is 9.59 Å². The summed E-state index contributed by atoms with van der Waals surface area (Å²) >= 11 is 0. The maximum Gasteiger partial charge on any atom is 0.310 e. The molecular weight excluding hydrogens is 278 g/mol. The van der Waals surface area contributed by atoms with Crippen LogP contribution in [0.1, 0.15) is 44.2 Å². The lowest BCUT2D eigenvalue weighted by Gasteiger charge is -2.25. The van der Waals surface area contributed by atoms with Gasteiger partial charge in [-0.15, -0.1) is 0 Å². The van der Waals surface area contributed by atoms with E-state index >= 15 is 0 Å². The second-order valence-corrected chi connectivity index (χ2v) is 5.79. The highest BCUT2D eigenvalue weighted by Gasteiger charge is 2.21. The molecule has 0 aromatic heterocycles. The third-order valence-corrected chi connectivity index (χ3v) is 3.69. The summed E-state index contributed by atoms with van der Waals surface area (Å²) in [6.07, 6.45) is 2.38. The average molecular weight is 305 g/mol. The van der Waals surface area contributed by atoms with Gasteiger partial charge < -0.3 is 9.64 Å². The smallest absolute Gasteiger partial charge is 0.310 e. The predicted molar refractivity (Wildman–Crippen MR) is 87.3 cm³/mol. The number of esters is 1. The van der Waals surface area contributed by atoms with Crippen LogP contribution in [0.4, 0.5) is 0 Å². The molecule has 0 N–H and O–H groups in total. The Hall–Kier alpha value is -1.84. The van der Waals surface area contributed by atoms with Gasteiger partial charge in [0, 0.05) is 19.5 Å².